The molecule has 5 rings (SSSR count). The summed E-state index contributed by atoms with van der Waals surface area (Å²) in [6, 6.07) is 7.58. The molecule has 1 saturated heterocycles. The Balaban J connectivity index is 1.42. The van der Waals surface area contributed by atoms with Crippen LogP contribution in [0.3, 0.4) is 0 Å². The van der Waals surface area contributed by atoms with Gasteiger partial charge in [-0.15, -0.1) is 5.10 Å². The molecular weight excluding hydrogens is 408 g/mol. The van der Waals surface area contributed by atoms with E-state index in [0.717, 1.165) is 25.3 Å². The Morgan fingerprint density at radius 1 is 1.28 bits per heavy atom. The van der Waals surface area contributed by atoms with Gasteiger partial charge in [-0.3, -0.25) is 14.5 Å². The van der Waals surface area contributed by atoms with Crippen LogP contribution in [0.2, 0.25) is 0 Å². The highest BCUT2D eigenvalue weighted by Crippen LogP contribution is 2.26. The first kappa shape index (κ1) is 20.0. The molecular formula is C22H24N8O2. The third-order valence-electron chi connectivity index (χ3n) is 5.79. The quantitative estimate of drug-likeness (QED) is 0.517. The van der Waals surface area contributed by atoms with E-state index in [1.807, 2.05) is 6.07 Å². The van der Waals surface area contributed by atoms with Crippen molar-refractivity contribution in [2.45, 2.75) is 25.8 Å². The molecule has 10 nitrogen and oxygen atoms in total. The second-order valence-corrected chi connectivity index (χ2v) is 7.88. The van der Waals surface area contributed by atoms with Crippen LogP contribution in [-0.4, -0.2) is 55.0 Å². The molecule has 4 aromatic rings. The lowest BCUT2D eigenvalue weighted by atomic mass is 10.1. The summed E-state index contributed by atoms with van der Waals surface area (Å²) in [6.45, 7) is 3.15. The first-order chi connectivity index (χ1) is 15.5. The number of carbonyl (C=O) groups excluding carboxylic acids is 1. The maximum Gasteiger partial charge on any atom is 0.274 e. The number of amides is 1. The number of fused-ring (bicyclic) bond motifs is 1. The zero-order chi connectivity index (χ0) is 22.2. The molecule has 1 fully saturated rings. The number of methoxy groups -OCH3 is 1. The monoisotopic (exact) mass is 432 g/mol. The number of anilines is 2. The second-order valence-electron chi connectivity index (χ2n) is 7.88. The molecule has 0 spiro atoms. The minimum absolute atomic E-state index is 0.290. The molecule has 0 bridgehead atoms. The third-order valence-corrected chi connectivity index (χ3v) is 5.79. The van der Waals surface area contributed by atoms with Crippen molar-refractivity contribution in [3.63, 3.8) is 0 Å². The second kappa shape index (κ2) is 7.95. The number of rotatable bonds is 5. The average molecular weight is 432 g/mol. The van der Waals surface area contributed by atoms with Crippen molar-refractivity contribution in [3.8, 4) is 17.0 Å². The number of carbonyl (C=O) groups is 1. The largest absolute Gasteiger partial charge is 0.497 e. The van der Waals surface area contributed by atoms with Crippen LogP contribution in [0.5, 0.6) is 5.75 Å². The van der Waals surface area contributed by atoms with Gasteiger partial charge in [0.15, 0.2) is 5.65 Å². The van der Waals surface area contributed by atoms with Gasteiger partial charge in [0.25, 0.3) is 5.91 Å². The van der Waals surface area contributed by atoms with Gasteiger partial charge >= 0.3 is 0 Å². The van der Waals surface area contributed by atoms with E-state index < -0.39 is 0 Å². The van der Waals surface area contributed by atoms with Gasteiger partial charge in [0.05, 0.1) is 24.6 Å². The number of pyridine rings is 2. The number of aryl methyl sites for hydroxylation is 1. The molecule has 5 heterocycles. The van der Waals surface area contributed by atoms with E-state index in [1.54, 1.807) is 55.5 Å². The van der Waals surface area contributed by atoms with E-state index >= 15 is 0 Å². The lowest BCUT2D eigenvalue weighted by Crippen LogP contribution is -2.27. The van der Waals surface area contributed by atoms with Crippen molar-refractivity contribution in [1.82, 2.24) is 29.4 Å². The van der Waals surface area contributed by atoms with E-state index in [2.05, 4.69) is 37.3 Å². The van der Waals surface area contributed by atoms with E-state index in [4.69, 9.17) is 4.74 Å². The fourth-order valence-corrected chi connectivity index (χ4v) is 4.07. The molecule has 1 unspecified atom stereocenters. The molecule has 1 atom stereocenters. The lowest BCUT2D eigenvalue weighted by molar-refractivity contribution is 0.101. The number of nitrogens with zero attached hydrogens (tertiary/aromatic N) is 7. The molecule has 0 aromatic carbocycles. The smallest absolute Gasteiger partial charge is 0.274 e. The Morgan fingerprint density at radius 3 is 2.94 bits per heavy atom. The SMILES string of the molecule is COc1ccnc(-c2cnn(C)c2C(=O)Nc2ccn3nc(N4CCCC4C)nc3c2)c1. The van der Waals surface area contributed by atoms with Crippen molar-refractivity contribution in [1.29, 1.82) is 0 Å². The van der Waals surface area contributed by atoms with Gasteiger partial charge in [-0.2, -0.15) is 10.1 Å². The van der Waals surface area contributed by atoms with E-state index in [1.165, 1.54) is 4.68 Å². The van der Waals surface area contributed by atoms with Crippen LogP contribution in [0.4, 0.5) is 11.6 Å². The van der Waals surface area contributed by atoms with E-state index in [-0.39, 0.29) is 5.91 Å². The molecule has 32 heavy (non-hydrogen) atoms. The predicted octanol–water partition coefficient (Wildman–Crippen LogP) is 2.77. The number of ether oxygens (including phenoxy) is 1. The van der Waals surface area contributed by atoms with Crippen LogP contribution in [0, 0.1) is 0 Å². The van der Waals surface area contributed by atoms with Crippen molar-refractivity contribution in [2.75, 3.05) is 23.9 Å². The van der Waals surface area contributed by atoms with Gasteiger partial charge in [-0.25, -0.2) is 4.52 Å². The summed E-state index contributed by atoms with van der Waals surface area (Å²) in [5.41, 5.74) is 2.94. The number of hydrogen-bond donors (Lipinski definition) is 1. The maximum absolute atomic E-state index is 13.2. The van der Waals surface area contributed by atoms with Gasteiger partial charge in [0.1, 0.15) is 11.4 Å². The molecule has 4 aromatic heterocycles. The number of aromatic nitrogens is 6. The Labute approximate surface area is 184 Å². The van der Waals surface area contributed by atoms with Crippen LogP contribution < -0.4 is 15.0 Å². The highest BCUT2D eigenvalue weighted by molar-refractivity contribution is 6.07. The van der Waals surface area contributed by atoms with Gasteiger partial charge < -0.3 is 15.0 Å². The summed E-state index contributed by atoms with van der Waals surface area (Å²) in [7, 11) is 3.32. The number of nitrogens with one attached hydrogen (secondary N) is 1. The molecule has 0 saturated carbocycles. The van der Waals surface area contributed by atoms with Crippen molar-refractivity contribution in [2.24, 2.45) is 7.05 Å². The Kier molecular flexibility index (Phi) is 4.96. The van der Waals surface area contributed by atoms with E-state index in [9.17, 15) is 4.79 Å². The summed E-state index contributed by atoms with van der Waals surface area (Å²) < 4.78 is 8.54. The summed E-state index contributed by atoms with van der Waals surface area (Å²) in [6.07, 6.45) is 7.36. The van der Waals surface area contributed by atoms with Gasteiger partial charge in [-0.05, 0) is 31.9 Å². The van der Waals surface area contributed by atoms with Crippen molar-refractivity contribution >= 4 is 23.2 Å². The zero-order valence-electron chi connectivity index (χ0n) is 18.2. The summed E-state index contributed by atoms with van der Waals surface area (Å²) in [4.78, 5) is 24.4. The Hall–Kier alpha value is -3.95. The highest BCUT2D eigenvalue weighted by Gasteiger charge is 2.24. The van der Waals surface area contributed by atoms with Crippen LogP contribution in [0.25, 0.3) is 16.9 Å². The molecule has 1 aliphatic heterocycles. The first-order valence-corrected chi connectivity index (χ1v) is 10.5. The Bertz CT molecular complexity index is 1290. The number of hydrogen-bond acceptors (Lipinski definition) is 7. The molecule has 164 valence electrons. The molecule has 1 N–H and O–H groups in total. The van der Waals surface area contributed by atoms with E-state index in [0.29, 0.717) is 40.1 Å². The normalized spacial score (nSPS) is 16.0. The van der Waals surface area contributed by atoms with Crippen LogP contribution in [-0.2, 0) is 7.05 Å². The van der Waals surface area contributed by atoms with Gasteiger partial charge in [-0.1, -0.05) is 0 Å². The summed E-state index contributed by atoms with van der Waals surface area (Å²) >= 11 is 0. The molecule has 0 aliphatic carbocycles. The average Bonchev–Trinajstić information content (AvgIpc) is 3.51. The summed E-state index contributed by atoms with van der Waals surface area (Å²) in [5, 5.41) is 11.8. The maximum atomic E-state index is 13.2. The zero-order valence-corrected chi connectivity index (χ0v) is 18.2. The fourth-order valence-electron chi connectivity index (χ4n) is 4.07. The van der Waals surface area contributed by atoms with Crippen LogP contribution in [0.1, 0.15) is 30.3 Å². The third kappa shape index (κ3) is 3.53. The highest BCUT2D eigenvalue weighted by atomic mass is 16.5. The van der Waals surface area contributed by atoms with Crippen LogP contribution in [0.15, 0.2) is 42.9 Å². The standard InChI is InChI=1S/C22H24N8O2/c1-14-5-4-9-29(14)22-26-19-11-15(7-10-30(19)27-22)25-21(31)20-17(13-24-28(20)2)18-12-16(32-3)6-8-23-18/h6-8,10-14H,4-5,9H2,1-3H3,(H,25,31). The minimum Gasteiger partial charge on any atom is -0.497 e. The molecule has 1 aliphatic rings. The Morgan fingerprint density at radius 2 is 2.16 bits per heavy atom. The molecule has 10 heteroatoms. The predicted molar refractivity (Wildman–Crippen MR) is 120 cm³/mol. The minimum atomic E-state index is -0.290. The van der Waals surface area contributed by atoms with Crippen molar-refractivity contribution in [3.05, 3.63) is 48.5 Å². The van der Waals surface area contributed by atoms with Crippen LogP contribution >= 0.6 is 0 Å². The van der Waals surface area contributed by atoms with Crippen molar-refractivity contribution < 1.29 is 9.53 Å². The lowest BCUT2D eigenvalue weighted by Gasteiger charge is -2.18. The van der Waals surface area contributed by atoms with Gasteiger partial charge in [0.2, 0.25) is 5.95 Å². The summed E-state index contributed by atoms with van der Waals surface area (Å²) in [5.74, 6) is 1.09. The molecule has 0 radical (unpaired) electrons. The first-order valence-electron chi connectivity index (χ1n) is 10.5. The topological polar surface area (TPSA) is 102 Å². The van der Waals surface area contributed by atoms with Gasteiger partial charge in [0, 0.05) is 49.8 Å². The fraction of sp³-hybridized carbons (Fsp3) is 0.318. The molecule has 1 amide bonds.